The molecule has 0 fully saturated rings. The number of benzene rings is 3. The minimum atomic E-state index is 0.892. The average Bonchev–Trinajstić information content (AvgIpc) is 3.04. The molecule has 2 aromatic heterocycles. The predicted octanol–water partition coefficient (Wildman–Crippen LogP) is 5.75. The van der Waals surface area contributed by atoms with Crippen molar-refractivity contribution in [2.24, 2.45) is 0 Å². The standard InChI is InChI=1S/C23H17N3/c1-15-17-11-5-6-12-18(17)24-21(15)23-22(16-9-3-2-4-10-16)25-19-13-7-8-14-20(19)26-23/h2-14,24H,1H3. The van der Waals surface area contributed by atoms with Gasteiger partial charge in [0.05, 0.1) is 22.4 Å². The van der Waals surface area contributed by atoms with Gasteiger partial charge in [0.2, 0.25) is 0 Å². The second kappa shape index (κ2) is 5.81. The highest BCUT2D eigenvalue weighted by Crippen LogP contribution is 2.35. The Morgan fingerprint density at radius 2 is 1.27 bits per heavy atom. The third kappa shape index (κ3) is 2.29. The first kappa shape index (κ1) is 14.8. The highest BCUT2D eigenvalue weighted by atomic mass is 14.9. The Balaban J connectivity index is 1.87. The third-order valence-electron chi connectivity index (χ3n) is 4.82. The van der Waals surface area contributed by atoms with Gasteiger partial charge >= 0.3 is 0 Å². The van der Waals surface area contributed by atoms with Crippen LogP contribution in [0.4, 0.5) is 0 Å². The zero-order valence-corrected chi connectivity index (χ0v) is 14.4. The van der Waals surface area contributed by atoms with Crippen molar-refractivity contribution in [3.63, 3.8) is 0 Å². The fraction of sp³-hybridized carbons (Fsp3) is 0.0435. The van der Waals surface area contributed by atoms with Gasteiger partial charge in [0.1, 0.15) is 5.69 Å². The predicted molar refractivity (Wildman–Crippen MR) is 107 cm³/mol. The quantitative estimate of drug-likeness (QED) is 0.446. The maximum absolute atomic E-state index is 4.98. The number of H-pyrrole nitrogens is 1. The molecule has 0 saturated heterocycles. The van der Waals surface area contributed by atoms with Gasteiger partial charge in [-0.3, -0.25) is 0 Å². The molecule has 0 unspecified atom stereocenters. The number of aryl methyl sites for hydroxylation is 1. The fourth-order valence-corrected chi connectivity index (χ4v) is 3.49. The summed E-state index contributed by atoms with van der Waals surface area (Å²) in [5.41, 5.74) is 8.02. The molecule has 0 radical (unpaired) electrons. The molecule has 5 aromatic rings. The van der Waals surface area contributed by atoms with Crippen molar-refractivity contribution in [2.45, 2.75) is 6.92 Å². The van der Waals surface area contributed by atoms with Crippen LogP contribution in [0.5, 0.6) is 0 Å². The maximum Gasteiger partial charge on any atom is 0.114 e. The van der Waals surface area contributed by atoms with E-state index in [1.54, 1.807) is 0 Å². The molecule has 0 saturated carbocycles. The first-order valence-corrected chi connectivity index (χ1v) is 8.71. The van der Waals surface area contributed by atoms with Crippen LogP contribution in [0.25, 0.3) is 44.6 Å². The van der Waals surface area contributed by atoms with Crippen LogP contribution < -0.4 is 0 Å². The lowest BCUT2D eigenvalue weighted by atomic mass is 10.0. The highest BCUT2D eigenvalue weighted by Gasteiger charge is 2.17. The van der Waals surface area contributed by atoms with Gasteiger partial charge in [-0.1, -0.05) is 60.7 Å². The second-order valence-electron chi connectivity index (χ2n) is 6.45. The lowest BCUT2D eigenvalue weighted by Crippen LogP contribution is -1.96. The smallest absolute Gasteiger partial charge is 0.114 e. The van der Waals surface area contributed by atoms with E-state index in [1.807, 2.05) is 48.5 Å². The number of aromatic nitrogens is 3. The summed E-state index contributed by atoms with van der Waals surface area (Å²) in [7, 11) is 0. The van der Waals surface area contributed by atoms with Crippen molar-refractivity contribution in [3.8, 4) is 22.6 Å². The van der Waals surface area contributed by atoms with E-state index in [0.717, 1.165) is 39.2 Å². The van der Waals surface area contributed by atoms with Crippen LogP contribution in [0, 0.1) is 6.92 Å². The molecule has 0 aliphatic rings. The van der Waals surface area contributed by atoms with Gasteiger partial charge in [-0.2, -0.15) is 0 Å². The van der Waals surface area contributed by atoms with Gasteiger partial charge in [-0.05, 0) is 30.7 Å². The Morgan fingerprint density at radius 3 is 2.00 bits per heavy atom. The summed E-state index contributed by atoms with van der Waals surface area (Å²) < 4.78 is 0. The Labute approximate surface area is 151 Å². The Kier molecular flexibility index (Phi) is 3.32. The Morgan fingerprint density at radius 1 is 0.654 bits per heavy atom. The number of aromatic amines is 1. The largest absolute Gasteiger partial charge is 0.353 e. The molecular formula is C23H17N3. The monoisotopic (exact) mass is 335 g/mol. The summed E-state index contributed by atoms with van der Waals surface area (Å²) in [6.45, 7) is 2.14. The van der Waals surface area contributed by atoms with Crippen molar-refractivity contribution in [3.05, 3.63) is 84.4 Å². The first-order chi connectivity index (χ1) is 12.8. The van der Waals surface area contributed by atoms with Crippen molar-refractivity contribution < 1.29 is 0 Å². The number of nitrogens with one attached hydrogen (secondary N) is 1. The Hall–Kier alpha value is -3.46. The fourth-order valence-electron chi connectivity index (χ4n) is 3.49. The van der Waals surface area contributed by atoms with E-state index in [1.165, 1.54) is 10.9 Å². The number of nitrogens with zero attached hydrogens (tertiary/aromatic N) is 2. The topological polar surface area (TPSA) is 41.6 Å². The number of fused-ring (bicyclic) bond motifs is 2. The summed E-state index contributed by atoms with van der Waals surface area (Å²) in [5, 5.41) is 1.22. The van der Waals surface area contributed by atoms with Gasteiger partial charge in [-0.15, -0.1) is 0 Å². The molecule has 1 N–H and O–H groups in total. The summed E-state index contributed by atoms with van der Waals surface area (Å²) in [4.78, 5) is 13.5. The van der Waals surface area contributed by atoms with Crippen LogP contribution in [-0.4, -0.2) is 15.0 Å². The third-order valence-corrected chi connectivity index (χ3v) is 4.82. The molecule has 0 amide bonds. The lowest BCUT2D eigenvalue weighted by molar-refractivity contribution is 1.26. The Bertz CT molecular complexity index is 1240. The molecule has 0 spiro atoms. The van der Waals surface area contributed by atoms with Gasteiger partial charge < -0.3 is 4.98 Å². The normalized spacial score (nSPS) is 11.3. The molecule has 26 heavy (non-hydrogen) atoms. The zero-order chi connectivity index (χ0) is 17.5. The molecule has 0 bridgehead atoms. The maximum atomic E-state index is 4.98. The first-order valence-electron chi connectivity index (χ1n) is 8.71. The number of hydrogen-bond donors (Lipinski definition) is 1. The molecule has 3 aromatic carbocycles. The number of hydrogen-bond acceptors (Lipinski definition) is 2. The van der Waals surface area contributed by atoms with Crippen LogP contribution in [0.15, 0.2) is 78.9 Å². The van der Waals surface area contributed by atoms with Crippen molar-refractivity contribution in [1.29, 1.82) is 0 Å². The van der Waals surface area contributed by atoms with E-state index < -0.39 is 0 Å². The minimum absolute atomic E-state index is 0.892. The molecule has 3 nitrogen and oxygen atoms in total. The second-order valence-corrected chi connectivity index (χ2v) is 6.45. The molecule has 0 aliphatic heterocycles. The van der Waals surface area contributed by atoms with Gasteiger partial charge in [0.15, 0.2) is 0 Å². The average molecular weight is 335 g/mol. The molecule has 0 atom stereocenters. The molecule has 124 valence electrons. The molecule has 5 rings (SSSR count). The van der Waals surface area contributed by atoms with Gasteiger partial charge in [0, 0.05) is 16.5 Å². The molecule has 2 heterocycles. The summed E-state index contributed by atoms with van der Waals surface area (Å²) in [6, 6.07) is 26.6. The van der Waals surface area contributed by atoms with E-state index in [2.05, 4.69) is 42.2 Å². The van der Waals surface area contributed by atoms with Crippen LogP contribution >= 0.6 is 0 Å². The van der Waals surface area contributed by atoms with Crippen LogP contribution in [0.1, 0.15) is 5.56 Å². The summed E-state index contributed by atoms with van der Waals surface area (Å²) >= 11 is 0. The van der Waals surface area contributed by atoms with Gasteiger partial charge in [0.25, 0.3) is 0 Å². The van der Waals surface area contributed by atoms with Gasteiger partial charge in [-0.25, -0.2) is 9.97 Å². The lowest BCUT2D eigenvalue weighted by Gasteiger charge is -2.10. The highest BCUT2D eigenvalue weighted by molar-refractivity contribution is 5.94. The zero-order valence-electron chi connectivity index (χ0n) is 14.4. The van der Waals surface area contributed by atoms with E-state index in [4.69, 9.17) is 9.97 Å². The number of para-hydroxylation sites is 3. The van der Waals surface area contributed by atoms with Crippen LogP contribution in [-0.2, 0) is 0 Å². The van der Waals surface area contributed by atoms with Crippen molar-refractivity contribution >= 4 is 21.9 Å². The summed E-state index contributed by atoms with van der Waals surface area (Å²) in [6.07, 6.45) is 0. The van der Waals surface area contributed by atoms with Crippen molar-refractivity contribution in [1.82, 2.24) is 15.0 Å². The molecule has 3 heteroatoms. The molecular weight excluding hydrogens is 318 g/mol. The van der Waals surface area contributed by atoms with E-state index >= 15 is 0 Å². The van der Waals surface area contributed by atoms with Crippen LogP contribution in [0.3, 0.4) is 0 Å². The number of rotatable bonds is 2. The SMILES string of the molecule is Cc1c(-c2nc3ccccc3nc2-c2ccccc2)[nH]c2ccccc12. The molecule has 0 aliphatic carbocycles. The summed E-state index contributed by atoms with van der Waals surface area (Å²) in [5.74, 6) is 0. The van der Waals surface area contributed by atoms with E-state index in [0.29, 0.717) is 0 Å². The van der Waals surface area contributed by atoms with E-state index in [-0.39, 0.29) is 0 Å². The minimum Gasteiger partial charge on any atom is -0.353 e. The van der Waals surface area contributed by atoms with Crippen LogP contribution in [0.2, 0.25) is 0 Å². The van der Waals surface area contributed by atoms with E-state index in [9.17, 15) is 0 Å². The van der Waals surface area contributed by atoms with Crippen molar-refractivity contribution in [2.75, 3.05) is 0 Å².